The van der Waals surface area contributed by atoms with Crippen molar-refractivity contribution in [3.8, 4) is 0 Å². The molecule has 0 saturated heterocycles. The Balaban J connectivity index is 1.73. The minimum absolute atomic E-state index is 0.192. The lowest BCUT2D eigenvalue weighted by molar-refractivity contribution is -0.130. The van der Waals surface area contributed by atoms with E-state index in [4.69, 9.17) is 0 Å². The first kappa shape index (κ1) is 19.4. The maximum Gasteiger partial charge on any atom is 0.263 e. The van der Waals surface area contributed by atoms with E-state index in [2.05, 4.69) is 16.6 Å². The molecule has 138 valence electrons. The summed E-state index contributed by atoms with van der Waals surface area (Å²) in [7, 11) is -1.61. The highest BCUT2D eigenvalue weighted by molar-refractivity contribution is 7.90. The smallest absolute Gasteiger partial charge is 0.263 e. The number of amidine groups is 1. The first-order valence-corrected chi connectivity index (χ1v) is 10.3. The number of nitrogens with one attached hydrogen (secondary N) is 1. The van der Waals surface area contributed by atoms with Crippen LogP contribution in [0.1, 0.15) is 51.0 Å². The molecule has 7 heteroatoms. The number of amides is 1. The van der Waals surface area contributed by atoms with Gasteiger partial charge in [0.15, 0.2) is 0 Å². The highest BCUT2D eigenvalue weighted by Crippen LogP contribution is 2.22. The molecule has 1 amide bonds. The number of benzene rings is 1. The van der Waals surface area contributed by atoms with E-state index in [-0.39, 0.29) is 10.8 Å². The zero-order valence-electron chi connectivity index (χ0n) is 15.0. The molecule has 0 unspecified atom stereocenters. The van der Waals surface area contributed by atoms with Crippen LogP contribution in [-0.4, -0.2) is 45.2 Å². The molecule has 0 aromatic heterocycles. The molecule has 0 aliphatic carbocycles. The molecule has 1 N–H and O–H groups in total. The summed E-state index contributed by atoms with van der Waals surface area (Å²) >= 11 is 0. The van der Waals surface area contributed by atoms with E-state index >= 15 is 0 Å². The van der Waals surface area contributed by atoms with Gasteiger partial charge in [-0.3, -0.25) is 14.5 Å². The maximum absolute atomic E-state index is 12.0. The van der Waals surface area contributed by atoms with Crippen molar-refractivity contribution in [2.24, 2.45) is 4.99 Å². The van der Waals surface area contributed by atoms with E-state index in [1.807, 2.05) is 7.05 Å². The third kappa shape index (κ3) is 5.29. The number of rotatable bonds is 9. The van der Waals surface area contributed by atoms with Gasteiger partial charge in [0.1, 0.15) is 5.84 Å². The lowest BCUT2D eigenvalue weighted by Crippen LogP contribution is -2.27. The van der Waals surface area contributed by atoms with Crippen LogP contribution < -0.4 is 4.72 Å². The van der Waals surface area contributed by atoms with Crippen LogP contribution >= 0.6 is 0 Å². The Kier molecular flexibility index (Phi) is 6.99. The fraction of sp³-hybridized carbons (Fsp3) is 0.556. The zero-order valence-corrected chi connectivity index (χ0v) is 15.8. The van der Waals surface area contributed by atoms with Gasteiger partial charge in [-0.05, 0) is 31.4 Å². The topological polar surface area (TPSA) is 78.8 Å². The lowest BCUT2D eigenvalue weighted by Gasteiger charge is -2.16. The van der Waals surface area contributed by atoms with Crippen LogP contribution in [0.25, 0.3) is 0 Å². The van der Waals surface area contributed by atoms with Crippen molar-refractivity contribution in [2.45, 2.75) is 50.3 Å². The van der Waals surface area contributed by atoms with Crippen LogP contribution in [-0.2, 0) is 14.8 Å². The second kappa shape index (κ2) is 8.99. The molecule has 0 saturated carbocycles. The van der Waals surface area contributed by atoms with Gasteiger partial charge in [-0.2, -0.15) is 0 Å². The summed E-state index contributed by atoms with van der Waals surface area (Å²) in [6.45, 7) is 3.48. The molecular weight excluding hydrogens is 338 g/mol. The van der Waals surface area contributed by atoms with Crippen LogP contribution in [0.4, 0.5) is 0 Å². The average molecular weight is 365 g/mol. The van der Waals surface area contributed by atoms with Gasteiger partial charge in [-0.15, -0.1) is 0 Å². The third-order valence-corrected chi connectivity index (χ3v) is 5.65. The first-order chi connectivity index (χ1) is 12.0. The Labute approximate surface area is 150 Å². The Morgan fingerprint density at radius 3 is 2.68 bits per heavy atom. The predicted molar refractivity (Wildman–Crippen MR) is 99.2 cm³/mol. The molecule has 2 rings (SSSR count). The van der Waals surface area contributed by atoms with E-state index in [1.165, 1.54) is 0 Å². The summed E-state index contributed by atoms with van der Waals surface area (Å²) in [6.07, 6.45) is 5.26. The zero-order chi connectivity index (χ0) is 18.3. The number of sulfonamides is 1. The molecule has 1 aliphatic heterocycles. The minimum Gasteiger partial charge on any atom is -0.346 e. The molecule has 0 atom stereocenters. The quantitative estimate of drug-likeness (QED) is 0.683. The normalized spacial score (nSPS) is 16.5. The number of unbranched alkanes of at least 4 members (excludes halogenated alkanes) is 3. The summed E-state index contributed by atoms with van der Waals surface area (Å²) in [4.78, 5) is 18.4. The average Bonchev–Trinajstić information content (AvgIpc) is 2.86. The second-order valence-electron chi connectivity index (χ2n) is 6.31. The van der Waals surface area contributed by atoms with Gasteiger partial charge in [-0.25, -0.2) is 8.42 Å². The SMILES string of the molecule is CCCCN(C)C(=O)CCCCCN=C1NS(=O)(=O)c2ccccc21. The van der Waals surface area contributed by atoms with Gasteiger partial charge in [0.05, 0.1) is 4.90 Å². The van der Waals surface area contributed by atoms with E-state index in [0.717, 1.165) is 38.6 Å². The monoisotopic (exact) mass is 365 g/mol. The summed E-state index contributed by atoms with van der Waals surface area (Å²) in [5.41, 5.74) is 0.634. The van der Waals surface area contributed by atoms with Crippen molar-refractivity contribution in [2.75, 3.05) is 20.1 Å². The molecule has 1 aromatic carbocycles. The van der Waals surface area contributed by atoms with Crippen LogP contribution in [0.3, 0.4) is 0 Å². The number of hydrogen-bond donors (Lipinski definition) is 1. The molecule has 0 fully saturated rings. The first-order valence-electron chi connectivity index (χ1n) is 8.86. The van der Waals surface area contributed by atoms with Gasteiger partial charge in [0.2, 0.25) is 5.91 Å². The number of nitrogens with zero attached hydrogens (tertiary/aromatic N) is 2. The number of aliphatic imine (C=N–C) groups is 1. The summed E-state index contributed by atoms with van der Waals surface area (Å²) < 4.78 is 26.5. The van der Waals surface area contributed by atoms with Crippen LogP contribution in [0.2, 0.25) is 0 Å². The highest BCUT2D eigenvalue weighted by Gasteiger charge is 2.29. The fourth-order valence-electron chi connectivity index (χ4n) is 2.72. The Morgan fingerprint density at radius 1 is 1.16 bits per heavy atom. The van der Waals surface area contributed by atoms with E-state index in [1.54, 1.807) is 29.2 Å². The Hall–Kier alpha value is -1.89. The molecular formula is C18H27N3O3S. The van der Waals surface area contributed by atoms with Gasteiger partial charge < -0.3 is 4.90 Å². The number of hydrogen-bond acceptors (Lipinski definition) is 4. The van der Waals surface area contributed by atoms with Crippen molar-refractivity contribution < 1.29 is 13.2 Å². The van der Waals surface area contributed by atoms with E-state index in [9.17, 15) is 13.2 Å². The van der Waals surface area contributed by atoms with E-state index < -0.39 is 10.0 Å². The lowest BCUT2D eigenvalue weighted by atomic mass is 10.1. The van der Waals surface area contributed by atoms with Gasteiger partial charge in [0, 0.05) is 32.1 Å². The number of carbonyl (C=O) groups excluding carboxylic acids is 1. The van der Waals surface area contributed by atoms with Gasteiger partial charge in [0.25, 0.3) is 10.0 Å². The standard InChI is InChI=1S/C18H27N3O3S/c1-3-4-14-21(2)17(22)12-6-5-9-13-19-18-15-10-7-8-11-16(15)25(23,24)20-18/h7-8,10-11H,3-6,9,12-14H2,1-2H3,(H,19,20). The van der Waals surface area contributed by atoms with Crippen LogP contribution in [0.15, 0.2) is 34.2 Å². The predicted octanol–water partition coefficient (Wildman–Crippen LogP) is 2.54. The van der Waals surface area contributed by atoms with Crippen molar-refractivity contribution >= 4 is 21.8 Å². The van der Waals surface area contributed by atoms with E-state index in [0.29, 0.717) is 24.4 Å². The second-order valence-corrected chi connectivity index (χ2v) is 7.96. The Morgan fingerprint density at radius 2 is 1.92 bits per heavy atom. The molecule has 0 bridgehead atoms. The molecule has 6 nitrogen and oxygen atoms in total. The molecule has 0 spiro atoms. The molecule has 0 radical (unpaired) electrons. The summed E-state index contributed by atoms with van der Waals surface area (Å²) in [5, 5.41) is 0. The van der Waals surface area contributed by atoms with Gasteiger partial charge in [-0.1, -0.05) is 31.9 Å². The highest BCUT2D eigenvalue weighted by atomic mass is 32.2. The number of fused-ring (bicyclic) bond motifs is 1. The van der Waals surface area contributed by atoms with Crippen molar-refractivity contribution in [3.63, 3.8) is 0 Å². The maximum atomic E-state index is 12.0. The Bertz CT molecular complexity index is 729. The summed E-state index contributed by atoms with van der Waals surface area (Å²) in [6, 6.07) is 6.85. The minimum atomic E-state index is -3.46. The fourth-order valence-corrected chi connectivity index (χ4v) is 3.97. The molecule has 25 heavy (non-hydrogen) atoms. The largest absolute Gasteiger partial charge is 0.346 e. The van der Waals surface area contributed by atoms with Crippen LogP contribution in [0.5, 0.6) is 0 Å². The third-order valence-electron chi connectivity index (χ3n) is 4.25. The molecule has 1 heterocycles. The summed E-state index contributed by atoms with van der Waals surface area (Å²) in [5.74, 6) is 0.614. The van der Waals surface area contributed by atoms with Gasteiger partial charge >= 0.3 is 0 Å². The van der Waals surface area contributed by atoms with Crippen LogP contribution in [0, 0.1) is 0 Å². The van der Waals surface area contributed by atoms with Crippen molar-refractivity contribution in [3.05, 3.63) is 29.8 Å². The van der Waals surface area contributed by atoms with Crippen molar-refractivity contribution in [1.29, 1.82) is 0 Å². The number of carbonyl (C=O) groups is 1. The molecule has 1 aliphatic rings. The van der Waals surface area contributed by atoms with Crippen molar-refractivity contribution in [1.82, 2.24) is 9.62 Å². The molecule has 1 aromatic rings.